The summed E-state index contributed by atoms with van der Waals surface area (Å²) in [6, 6.07) is 11.0. The van der Waals surface area contributed by atoms with Crippen LogP contribution in [-0.4, -0.2) is 38.8 Å². The summed E-state index contributed by atoms with van der Waals surface area (Å²) in [6.45, 7) is 1.01. The average molecular weight is 475 g/mol. The van der Waals surface area contributed by atoms with Crippen LogP contribution in [0.15, 0.2) is 52.4 Å². The lowest BCUT2D eigenvalue weighted by Crippen LogP contribution is -2.29. The smallest absolute Gasteiger partial charge is 0.294 e. The third kappa shape index (κ3) is 4.93. The Kier molecular flexibility index (Phi) is 6.73. The molecule has 9 nitrogen and oxygen atoms in total. The molecule has 32 heavy (non-hydrogen) atoms. The zero-order valence-electron chi connectivity index (χ0n) is 16.8. The van der Waals surface area contributed by atoms with Crippen molar-refractivity contribution in [2.24, 2.45) is 0 Å². The Morgan fingerprint density at radius 2 is 2.16 bits per heavy atom. The quantitative estimate of drug-likeness (QED) is 0.239. The molecule has 0 bridgehead atoms. The molecule has 0 radical (unpaired) electrons. The summed E-state index contributed by atoms with van der Waals surface area (Å²) in [5.41, 5.74) is 0.0999. The molecule has 4 rings (SSSR count). The number of para-hydroxylation sites is 1. The second-order valence-electron chi connectivity index (χ2n) is 7.22. The topological polar surface area (TPSA) is 116 Å². The van der Waals surface area contributed by atoms with Crippen molar-refractivity contribution in [1.29, 1.82) is 0 Å². The van der Waals surface area contributed by atoms with E-state index in [1.165, 1.54) is 18.2 Å². The molecule has 1 aliphatic heterocycles. The molecule has 1 saturated heterocycles. The molecule has 2 heterocycles. The molecule has 3 aromatic rings. The first-order valence-corrected chi connectivity index (χ1v) is 11.3. The number of halogens is 1. The van der Waals surface area contributed by atoms with E-state index < -0.39 is 10.8 Å². The Morgan fingerprint density at radius 3 is 2.91 bits per heavy atom. The van der Waals surface area contributed by atoms with Crippen molar-refractivity contribution in [1.82, 2.24) is 9.55 Å². The first kappa shape index (κ1) is 22.3. The van der Waals surface area contributed by atoms with E-state index in [0.29, 0.717) is 29.2 Å². The van der Waals surface area contributed by atoms with Crippen LogP contribution in [0.1, 0.15) is 12.8 Å². The zero-order valence-corrected chi connectivity index (χ0v) is 18.4. The number of hydrogen-bond donors (Lipinski definition) is 1. The number of benzene rings is 2. The number of carbonyl (C=O) groups is 1. The van der Waals surface area contributed by atoms with Gasteiger partial charge in [-0.25, -0.2) is 4.98 Å². The second kappa shape index (κ2) is 9.68. The molecule has 11 heteroatoms. The van der Waals surface area contributed by atoms with Gasteiger partial charge < -0.3 is 10.1 Å². The minimum atomic E-state index is -0.612. The van der Waals surface area contributed by atoms with E-state index in [1.54, 1.807) is 28.8 Å². The van der Waals surface area contributed by atoms with Gasteiger partial charge in [0.25, 0.3) is 11.2 Å². The number of carbonyl (C=O) groups excluding carboxylic acids is 1. The fourth-order valence-electron chi connectivity index (χ4n) is 3.49. The highest BCUT2D eigenvalue weighted by Crippen LogP contribution is 2.28. The highest BCUT2D eigenvalue weighted by Gasteiger charge is 2.21. The summed E-state index contributed by atoms with van der Waals surface area (Å²) < 4.78 is 7.22. The number of ether oxygens (including phenoxy) is 1. The molecule has 1 aliphatic rings. The van der Waals surface area contributed by atoms with Crippen molar-refractivity contribution < 1.29 is 14.5 Å². The van der Waals surface area contributed by atoms with Gasteiger partial charge >= 0.3 is 0 Å². The van der Waals surface area contributed by atoms with Gasteiger partial charge in [0.05, 0.1) is 34.2 Å². The summed E-state index contributed by atoms with van der Waals surface area (Å²) in [5.74, 6) is -0.553. The van der Waals surface area contributed by atoms with Crippen LogP contribution in [0.25, 0.3) is 10.9 Å². The highest BCUT2D eigenvalue weighted by atomic mass is 35.5. The Bertz CT molecular complexity index is 1240. The number of thioether (sulfide) groups is 1. The van der Waals surface area contributed by atoms with Gasteiger partial charge in [-0.1, -0.05) is 35.5 Å². The molecule has 0 aliphatic carbocycles. The van der Waals surface area contributed by atoms with E-state index in [9.17, 15) is 19.7 Å². The lowest BCUT2D eigenvalue weighted by Gasteiger charge is -2.16. The van der Waals surface area contributed by atoms with E-state index in [-0.39, 0.29) is 33.8 Å². The van der Waals surface area contributed by atoms with Gasteiger partial charge in [-0.15, -0.1) is 0 Å². The van der Waals surface area contributed by atoms with Crippen LogP contribution >= 0.6 is 23.4 Å². The van der Waals surface area contributed by atoms with Crippen LogP contribution in [0.3, 0.4) is 0 Å². The number of fused-ring (bicyclic) bond motifs is 1. The van der Waals surface area contributed by atoms with E-state index in [1.807, 2.05) is 0 Å². The normalized spacial score (nSPS) is 15.7. The first-order valence-electron chi connectivity index (χ1n) is 9.90. The van der Waals surface area contributed by atoms with Crippen molar-refractivity contribution in [3.05, 3.63) is 68.0 Å². The second-order valence-corrected chi connectivity index (χ2v) is 8.60. The molecule has 1 N–H and O–H groups in total. The zero-order chi connectivity index (χ0) is 22.7. The average Bonchev–Trinajstić information content (AvgIpc) is 3.29. The van der Waals surface area contributed by atoms with Crippen molar-refractivity contribution in [2.45, 2.75) is 30.6 Å². The van der Waals surface area contributed by atoms with Crippen LogP contribution in [-0.2, 0) is 16.1 Å². The first-order chi connectivity index (χ1) is 15.4. The van der Waals surface area contributed by atoms with Crippen LogP contribution in [0.2, 0.25) is 5.02 Å². The van der Waals surface area contributed by atoms with Crippen molar-refractivity contribution in [3.63, 3.8) is 0 Å². The molecule has 0 spiro atoms. The lowest BCUT2D eigenvalue weighted by atomic mass is 10.2. The Hall–Kier alpha value is -2.95. The molecular formula is C21H19ClN4O5S. The third-order valence-electron chi connectivity index (χ3n) is 5.00. The fraction of sp³-hybridized carbons (Fsp3) is 0.286. The monoisotopic (exact) mass is 474 g/mol. The summed E-state index contributed by atoms with van der Waals surface area (Å²) in [5, 5.41) is 14.9. The lowest BCUT2D eigenvalue weighted by molar-refractivity contribution is -0.383. The SMILES string of the molecule is O=C(CSc1nc2ccccc2c(=O)n1CC1CCCO1)Nc1ccc(Cl)cc1[N+](=O)[O-]. The van der Waals surface area contributed by atoms with Crippen molar-refractivity contribution >= 4 is 51.5 Å². The molecule has 1 atom stereocenters. The van der Waals surface area contributed by atoms with Gasteiger partial charge in [-0.05, 0) is 37.1 Å². The summed E-state index contributed by atoms with van der Waals surface area (Å²) in [4.78, 5) is 40.8. The largest absolute Gasteiger partial charge is 0.376 e. The third-order valence-corrected chi connectivity index (χ3v) is 6.21. The molecule has 1 fully saturated rings. The summed E-state index contributed by atoms with van der Waals surface area (Å²) in [7, 11) is 0. The Labute approximate surface area is 191 Å². The Morgan fingerprint density at radius 1 is 1.34 bits per heavy atom. The van der Waals surface area contributed by atoms with Crippen molar-refractivity contribution in [3.8, 4) is 0 Å². The minimum absolute atomic E-state index is 0.0493. The summed E-state index contributed by atoms with van der Waals surface area (Å²) in [6.07, 6.45) is 1.70. The number of rotatable bonds is 7. The van der Waals surface area contributed by atoms with Gasteiger partial charge in [-0.2, -0.15) is 0 Å². The van der Waals surface area contributed by atoms with E-state index in [0.717, 1.165) is 24.6 Å². The molecular weight excluding hydrogens is 456 g/mol. The number of nitro benzene ring substituents is 1. The van der Waals surface area contributed by atoms with Gasteiger partial charge in [-0.3, -0.25) is 24.3 Å². The number of nitrogens with one attached hydrogen (secondary N) is 1. The molecule has 1 unspecified atom stereocenters. The number of anilines is 1. The Balaban J connectivity index is 1.56. The maximum Gasteiger partial charge on any atom is 0.294 e. The number of aromatic nitrogens is 2. The number of amides is 1. The van der Waals surface area contributed by atoms with Crippen LogP contribution in [0, 0.1) is 10.1 Å². The molecule has 1 amide bonds. The molecule has 166 valence electrons. The maximum absolute atomic E-state index is 13.1. The predicted octanol–water partition coefficient (Wildman–Crippen LogP) is 3.87. The van der Waals surface area contributed by atoms with Gasteiger partial charge in [0.2, 0.25) is 5.91 Å². The molecule has 2 aromatic carbocycles. The van der Waals surface area contributed by atoms with Gasteiger partial charge in [0.15, 0.2) is 5.16 Å². The number of nitro groups is 1. The predicted molar refractivity (Wildman–Crippen MR) is 122 cm³/mol. The number of hydrogen-bond acceptors (Lipinski definition) is 7. The van der Waals surface area contributed by atoms with Crippen LogP contribution < -0.4 is 10.9 Å². The molecule has 0 saturated carbocycles. The maximum atomic E-state index is 13.1. The highest BCUT2D eigenvalue weighted by molar-refractivity contribution is 7.99. The van der Waals surface area contributed by atoms with E-state index in [2.05, 4.69) is 10.3 Å². The summed E-state index contributed by atoms with van der Waals surface area (Å²) >= 11 is 6.91. The van der Waals surface area contributed by atoms with Crippen LogP contribution in [0.5, 0.6) is 0 Å². The number of nitrogens with zero attached hydrogens (tertiary/aromatic N) is 3. The van der Waals surface area contributed by atoms with Gasteiger partial charge in [0.1, 0.15) is 5.69 Å². The van der Waals surface area contributed by atoms with Gasteiger partial charge in [0, 0.05) is 17.7 Å². The minimum Gasteiger partial charge on any atom is -0.376 e. The molecule has 1 aromatic heterocycles. The van der Waals surface area contributed by atoms with Crippen LogP contribution in [0.4, 0.5) is 11.4 Å². The standard InChI is InChI=1S/C21H19ClN4O5S/c22-13-7-8-17(18(10-13)26(29)30)23-19(27)12-32-21-24-16-6-2-1-5-15(16)20(28)25(21)11-14-4-3-9-31-14/h1-2,5-8,10,14H,3-4,9,11-12H2,(H,23,27). The van der Waals surface area contributed by atoms with E-state index in [4.69, 9.17) is 16.3 Å². The van der Waals surface area contributed by atoms with Crippen molar-refractivity contribution in [2.75, 3.05) is 17.7 Å². The van der Waals surface area contributed by atoms with E-state index >= 15 is 0 Å². The fourth-order valence-corrected chi connectivity index (χ4v) is 4.46.